The number of nitrogens with two attached hydrogens (primary N) is 1. The van der Waals surface area contributed by atoms with Crippen molar-refractivity contribution >= 4 is 5.97 Å². The molecule has 2 rings (SSSR count). The highest BCUT2D eigenvalue weighted by atomic mass is 16.5. The van der Waals surface area contributed by atoms with E-state index < -0.39 is 0 Å². The van der Waals surface area contributed by atoms with E-state index in [0.29, 0.717) is 0 Å². The maximum Gasteiger partial charge on any atom is 0.311 e. The molecule has 6 nitrogen and oxygen atoms in total. The van der Waals surface area contributed by atoms with E-state index >= 15 is 0 Å². The number of carbonyl (C=O) groups is 1. The second kappa shape index (κ2) is 6.85. The predicted octanol–water partition coefficient (Wildman–Crippen LogP) is -0.247. The number of ether oxygens (including phenoxy) is 1. The van der Waals surface area contributed by atoms with Crippen LogP contribution in [-0.4, -0.2) is 80.2 Å². The lowest BCUT2D eigenvalue weighted by Gasteiger charge is -2.39. The molecule has 2 fully saturated rings. The van der Waals surface area contributed by atoms with Crippen LogP contribution in [0.15, 0.2) is 0 Å². The van der Waals surface area contributed by atoms with Crippen LogP contribution in [0.2, 0.25) is 0 Å². The van der Waals surface area contributed by atoms with Crippen LogP contribution in [0.3, 0.4) is 0 Å². The van der Waals surface area contributed by atoms with Crippen LogP contribution in [0, 0.1) is 5.41 Å². The van der Waals surface area contributed by atoms with E-state index in [1.165, 1.54) is 7.11 Å². The molecule has 0 bridgehead atoms. The fourth-order valence-electron chi connectivity index (χ4n) is 2.99. The summed E-state index contributed by atoms with van der Waals surface area (Å²) in [5.74, 6) is 5.70. The van der Waals surface area contributed by atoms with Crippen molar-refractivity contribution in [1.82, 2.24) is 14.8 Å². The zero-order valence-electron chi connectivity index (χ0n) is 12.8. The maximum absolute atomic E-state index is 11.8. The number of hydrazine groups is 1. The van der Waals surface area contributed by atoms with Crippen LogP contribution in [-0.2, 0) is 9.53 Å². The lowest BCUT2D eigenvalue weighted by molar-refractivity contribution is -0.154. The summed E-state index contributed by atoms with van der Waals surface area (Å²) in [6, 6.07) is 0. The molecule has 2 saturated heterocycles. The Bertz CT molecular complexity index is 321. The van der Waals surface area contributed by atoms with Gasteiger partial charge in [0.1, 0.15) is 0 Å². The average molecular weight is 284 g/mol. The summed E-state index contributed by atoms with van der Waals surface area (Å²) < 4.78 is 4.91. The molecular weight excluding hydrogens is 256 g/mol. The molecule has 0 saturated carbocycles. The number of esters is 1. The highest BCUT2D eigenvalue weighted by Crippen LogP contribution is 2.31. The van der Waals surface area contributed by atoms with Crippen molar-refractivity contribution in [2.45, 2.75) is 19.8 Å². The van der Waals surface area contributed by atoms with Crippen LogP contribution in [0.5, 0.6) is 0 Å². The topological polar surface area (TPSA) is 62.0 Å². The van der Waals surface area contributed by atoms with Crippen molar-refractivity contribution < 1.29 is 9.53 Å². The monoisotopic (exact) mass is 284 g/mol. The number of piperazine rings is 1. The summed E-state index contributed by atoms with van der Waals surface area (Å²) in [4.78, 5) is 16.7. The molecule has 2 aliphatic rings. The Balaban J connectivity index is 1.68. The molecule has 0 aromatic carbocycles. The Hall–Kier alpha value is -0.690. The van der Waals surface area contributed by atoms with E-state index in [1.807, 2.05) is 11.9 Å². The zero-order valence-corrected chi connectivity index (χ0v) is 12.8. The van der Waals surface area contributed by atoms with Gasteiger partial charge in [0.2, 0.25) is 0 Å². The van der Waals surface area contributed by atoms with Crippen LogP contribution in [0.25, 0.3) is 0 Å². The van der Waals surface area contributed by atoms with Gasteiger partial charge in [0.25, 0.3) is 0 Å². The van der Waals surface area contributed by atoms with Gasteiger partial charge in [-0.15, -0.1) is 0 Å². The van der Waals surface area contributed by atoms with Crippen LogP contribution in [0.4, 0.5) is 0 Å². The Kier molecular flexibility index (Phi) is 5.37. The second-order valence-electron chi connectivity index (χ2n) is 6.27. The molecule has 20 heavy (non-hydrogen) atoms. The molecule has 0 aromatic heterocycles. The zero-order chi connectivity index (χ0) is 14.6. The second-order valence-corrected chi connectivity index (χ2v) is 6.27. The van der Waals surface area contributed by atoms with Gasteiger partial charge >= 0.3 is 5.97 Å². The number of methoxy groups -OCH3 is 1. The SMILES string of the molecule is COC(=O)C1(C)CCN(CCN2CCN(N)CC2)CC1. The summed E-state index contributed by atoms with van der Waals surface area (Å²) in [5, 5.41) is 1.89. The molecule has 0 aromatic rings. The van der Waals surface area contributed by atoms with Crippen molar-refractivity contribution in [3.05, 3.63) is 0 Å². The number of hydrogen-bond acceptors (Lipinski definition) is 6. The van der Waals surface area contributed by atoms with Gasteiger partial charge < -0.3 is 9.64 Å². The van der Waals surface area contributed by atoms with E-state index in [0.717, 1.165) is 65.2 Å². The van der Waals surface area contributed by atoms with Gasteiger partial charge in [-0.25, -0.2) is 5.01 Å². The molecular formula is C14H28N4O2. The number of nitrogens with zero attached hydrogens (tertiary/aromatic N) is 3. The summed E-state index contributed by atoms with van der Waals surface area (Å²) in [7, 11) is 1.48. The Morgan fingerprint density at radius 2 is 1.55 bits per heavy atom. The third-order valence-electron chi connectivity index (χ3n) is 4.78. The molecule has 2 heterocycles. The summed E-state index contributed by atoms with van der Waals surface area (Å²) in [6.45, 7) is 10.2. The minimum absolute atomic E-state index is 0.0591. The van der Waals surface area contributed by atoms with E-state index in [1.54, 1.807) is 0 Å². The molecule has 0 radical (unpaired) electrons. The van der Waals surface area contributed by atoms with Crippen molar-refractivity contribution in [2.24, 2.45) is 11.3 Å². The number of likely N-dealkylation sites (tertiary alicyclic amines) is 1. The fourth-order valence-corrected chi connectivity index (χ4v) is 2.99. The van der Waals surface area contributed by atoms with Crippen molar-refractivity contribution in [1.29, 1.82) is 0 Å². The Morgan fingerprint density at radius 3 is 2.05 bits per heavy atom. The van der Waals surface area contributed by atoms with Gasteiger partial charge in [0.05, 0.1) is 12.5 Å². The smallest absolute Gasteiger partial charge is 0.311 e. The minimum atomic E-state index is -0.281. The summed E-state index contributed by atoms with van der Waals surface area (Å²) in [5.41, 5.74) is -0.281. The van der Waals surface area contributed by atoms with Crippen molar-refractivity contribution in [3.8, 4) is 0 Å². The molecule has 6 heteroatoms. The minimum Gasteiger partial charge on any atom is -0.469 e. The molecule has 0 unspecified atom stereocenters. The van der Waals surface area contributed by atoms with Crippen LogP contribution >= 0.6 is 0 Å². The quantitative estimate of drug-likeness (QED) is 0.567. The number of carbonyl (C=O) groups excluding carboxylic acids is 1. The number of hydrogen-bond donors (Lipinski definition) is 1. The fraction of sp³-hybridized carbons (Fsp3) is 0.929. The first-order valence-electron chi connectivity index (χ1n) is 7.56. The number of piperidine rings is 1. The van der Waals surface area contributed by atoms with E-state index in [2.05, 4.69) is 9.80 Å². The molecule has 0 amide bonds. The number of rotatable bonds is 4. The largest absolute Gasteiger partial charge is 0.469 e. The highest BCUT2D eigenvalue weighted by molar-refractivity contribution is 5.76. The van der Waals surface area contributed by atoms with Crippen molar-refractivity contribution in [2.75, 3.05) is 59.5 Å². The van der Waals surface area contributed by atoms with Gasteiger partial charge in [-0.3, -0.25) is 15.5 Å². The van der Waals surface area contributed by atoms with Gasteiger partial charge in [0.15, 0.2) is 0 Å². The van der Waals surface area contributed by atoms with E-state index in [9.17, 15) is 4.79 Å². The first kappa shape index (κ1) is 15.7. The Morgan fingerprint density at radius 1 is 1.05 bits per heavy atom. The van der Waals surface area contributed by atoms with Crippen LogP contribution < -0.4 is 5.84 Å². The van der Waals surface area contributed by atoms with Gasteiger partial charge in [-0.1, -0.05) is 0 Å². The lowest BCUT2D eigenvalue weighted by Crippen LogP contribution is -2.51. The van der Waals surface area contributed by atoms with Gasteiger partial charge in [-0.2, -0.15) is 0 Å². The first-order chi connectivity index (χ1) is 9.53. The highest BCUT2D eigenvalue weighted by Gasteiger charge is 2.37. The molecule has 2 N–H and O–H groups in total. The third kappa shape index (κ3) is 3.91. The molecule has 116 valence electrons. The Labute approximate surface area is 121 Å². The first-order valence-corrected chi connectivity index (χ1v) is 7.56. The molecule has 2 aliphatic heterocycles. The van der Waals surface area contributed by atoms with E-state index in [4.69, 9.17) is 10.6 Å². The van der Waals surface area contributed by atoms with Gasteiger partial charge in [0, 0.05) is 39.3 Å². The summed E-state index contributed by atoms with van der Waals surface area (Å²) >= 11 is 0. The van der Waals surface area contributed by atoms with Crippen molar-refractivity contribution in [3.63, 3.8) is 0 Å². The molecule has 0 aliphatic carbocycles. The van der Waals surface area contributed by atoms with E-state index in [-0.39, 0.29) is 11.4 Å². The molecule has 0 atom stereocenters. The lowest BCUT2D eigenvalue weighted by atomic mass is 9.80. The summed E-state index contributed by atoms with van der Waals surface area (Å²) in [6.07, 6.45) is 1.80. The van der Waals surface area contributed by atoms with Gasteiger partial charge in [-0.05, 0) is 32.9 Å². The predicted molar refractivity (Wildman–Crippen MR) is 78.0 cm³/mol. The standard InChI is InChI=1S/C14H28N4O2/c1-14(13(19)20-2)3-5-16(6-4-14)7-8-17-9-11-18(15)12-10-17/h3-12,15H2,1-2H3. The third-order valence-corrected chi connectivity index (χ3v) is 4.78. The maximum atomic E-state index is 11.8. The average Bonchev–Trinajstić information content (AvgIpc) is 2.47. The molecule has 0 spiro atoms. The normalized spacial score (nSPS) is 25.6. The van der Waals surface area contributed by atoms with Crippen LogP contribution in [0.1, 0.15) is 19.8 Å².